The van der Waals surface area contributed by atoms with Crippen LogP contribution in [0.1, 0.15) is 30.9 Å². The van der Waals surface area contributed by atoms with Crippen molar-refractivity contribution in [3.05, 3.63) is 63.6 Å². The number of rotatable bonds is 6. The summed E-state index contributed by atoms with van der Waals surface area (Å²) in [6.45, 7) is 2.13. The Labute approximate surface area is 162 Å². The first kappa shape index (κ1) is 19.9. The summed E-state index contributed by atoms with van der Waals surface area (Å²) in [6.07, 6.45) is 4.55. The summed E-state index contributed by atoms with van der Waals surface area (Å²) in [5.41, 5.74) is 4.42. The van der Waals surface area contributed by atoms with Crippen molar-refractivity contribution in [1.82, 2.24) is 5.43 Å². The van der Waals surface area contributed by atoms with Crippen LogP contribution >= 0.6 is 23.2 Å². The SMILES string of the molecule is CCCCc1ccc(NC(=O)C(=O)N/N=C/c2cccc(Cl)c2Cl)cc1. The summed E-state index contributed by atoms with van der Waals surface area (Å²) in [5.74, 6) is -1.69. The monoisotopic (exact) mass is 391 g/mol. The molecule has 2 amide bonds. The van der Waals surface area contributed by atoms with Gasteiger partial charge in [0.05, 0.1) is 16.3 Å². The third-order valence-electron chi connectivity index (χ3n) is 3.59. The second kappa shape index (κ2) is 9.94. The molecule has 0 aliphatic carbocycles. The van der Waals surface area contributed by atoms with Crippen LogP contribution in [0.5, 0.6) is 0 Å². The van der Waals surface area contributed by atoms with Gasteiger partial charge in [0.2, 0.25) is 0 Å². The number of halogens is 2. The van der Waals surface area contributed by atoms with E-state index in [9.17, 15) is 9.59 Å². The highest BCUT2D eigenvalue weighted by molar-refractivity contribution is 6.43. The van der Waals surface area contributed by atoms with Gasteiger partial charge in [0.15, 0.2) is 0 Å². The van der Waals surface area contributed by atoms with E-state index in [2.05, 4.69) is 22.8 Å². The molecule has 0 atom stereocenters. The maximum Gasteiger partial charge on any atom is 0.329 e. The highest BCUT2D eigenvalue weighted by Gasteiger charge is 2.13. The van der Waals surface area contributed by atoms with Gasteiger partial charge in [-0.2, -0.15) is 5.10 Å². The largest absolute Gasteiger partial charge is 0.329 e. The van der Waals surface area contributed by atoms with Crippen LogP contribution in [0.4, 0.5) is 5.69 Å². The molecule has 0 unspecified atom stereocenters. The summed E-state index contributed by atoms with van der Waals surface area (Å²) in [6, 6.07) is 12.4. The van der Waals surface area contributed by atoms with Gasteiger partial charge in [0, 0.05) is 11.3 Å². The van der Waals surface area contributed by atoms with Gasteiger partial charge in [-0.25, -0.2) is 5.43 Å². The first-order chi connectivity index (χ1) is 12.5. The van der Waals surface area contributed by atoms with Crippen molar-refractivity contribution >= 4 is 46.9 Å². The molecule has 0 saturated carbocycles. The number of nitrogens with zero attached hydrogens (tertiary/aromatic N) is 1. The van der Waals surface area contributed by atoms with Crippen LogP contribution in [0.25, 0.3) is 0 Å². The number of carbonyl (C=O) groups excluding carboxylic acids is 2. The first-order valence-corrected chi connectivity index (χ1v) is 8.94. The molecule has 2 rings (SSSR count). The molecule has 26 heavy (non-hydrogen) atoms. The van der Waals surface area contributed by atoms with Crippen molar-refractivity contribution in [2.24, 2.45) is 5.10 Å². The van der Waals surface area contributed by atoms with Gasteiger partial charge in [0.1, 0.15) is 0 Å². The van der Waals surface area contributed by atoms with Crippen LogP contribution in [0.2, 0.25) is 10.0 Å². The third kappa shape index (κ3) is 5.86. The van der Waals surface area contributed by atoms with Crippen LogP contribution in [0.3, 0.4) is 0 Å². The van der Waals surface area contributed by atoms with Crippen LogP contribution < -0.4 is 10.7 Å². The Balaban J connectivity index is 1.88. The van der Waals surface area contributed by atoms with Crippen molar-refractivity contribution in [2.45, 2.75) is 26.2 Å². The Morgan fingerprint density at radius 3 is 2.50 bits per heavy atom. The summed E-state index contributed by atoms with van der Waals surface area (Å²) in [5, 5.41) is 6.94. The van der Waals surface area contributed by atoms with Crippen LogP contribution in [0.15, 0.2) is 47.6 Å². The molecule has 0 saturated heterocycles. The Morgan fingerprint density at radius 1 is 1.08 bits per heavy atom. The van der Waals surface area contributed by atoms with E-state index >= 15 is 0 Å². The van der Waals surface area contributed by atoms with Crippen LogP contribution in [-0.2, 0) is 16.0 Å². The number of hydrogen-bond acceptors (Lipinski definition) is 3. The molecule has 0 heterocycles. The lowest BCUT2D eigenvalue weighted by atomic mass is 10.1. The summed E-state index contributed by atoms with van der Waals surface area (Å²) >= 11 is 11.9. The number of carbonyl (C=O) groups is 2. The van der Waals surface area contributed by atoms with Gasteiger partial charge in [-0.05, 0) is 36.6 Å². The minimum atomic E-state index is -0.880. The van der Waals surface area contributed by atoms with E-state index in [-0.39, 0.29) is 0 Å². The van der Waals surface area contributed by atoms with Gasteiger partial charge in [-0.3, -0.25) is 9.59 Å². The third-order valence-corrected chi connectivity index (χ3v) is 4.42. The summed E-state index contributed by atoms with van der Waals surface area (Å²) < 4.78 is 0. The molecule has 0 aliphatic heterocycles. The molecule has 136 valence electrons. The standard InChI is InChI=1S/C19H19Cl2N3O2/c1-2-3-5-13-8-10-15(11-9-13)23-18(25)19(26)24-22-12-14-6-4-7-16(20)17(14)21/h4,6-12H,2-3,5H2,1H3,(H,23,25)(H,24,26)/b22-12+. The molecule has 0 radical (unpaired) electrons. The van der Waals surface area contributed by atoms with Crippen LogP contribution in [-0.4, -0.2) is 18.0 Å². The lowest BCUT2D eigenvalue weighted by molar-refractivity contribution is -0.136. The van der Waals surface area contributed by atoms with E-state index in [1.165, 1.54) is 11.8 Å². The van der Waals surface area contributed by atoms with Crippen LogP contribution in [0, 0.1) is 0 Å². The predicted octanol–water partition coefficient (Wildman–Crippen LogP) is 4.42. The quantitative estimate of drug-likeness (QED) is 0.434. The fourth-order valence-corrected chi connectivity index (χ4v) is 2.51. The van der Waals surface area contributed by atoms with Crippen molar-refractivity contribution in [3.63, 3.8) is 0 Å². The Morgan fingerprint density at radius 2 is 1.81 bits per heavy atom. The van der Waals surface area contributed by atoms with Gasteiger partial charge in [-0.1, -0.05) is 60.8 Å². The van der Waals surface area contributed by atoms with E-state index in [1.807, 2.05) is 12.1 Å². The Bertz CT molecular complexity index is 805. The second-order valence-electron chi connectivity index (χ2n) is 5.60. The van der Waals surface area contributed by atoms with Gasteiger partial charge in [-0.15, -0.1) is 0 Å². The molecule has 0 aromatic heterocycles. The van der Waals surface area contributed by atoms with E-state index in [1.54, 1.807) is 30.3 Å². The topological polar surface area (TPSA) is 70.6 Å². The molecule has 2 aromatic carbocycles. The molecule has 2 aromatic rings. The highest BCUT2D eigenvalue weighted by atomic mass is 35.5. The minimum absolute atomic E-state index is 0.319. The van der Waals surface area contributed by atoms with Crippen molar-refractivity contribution in [2.75, 3.05) is 5.32 Å². The van der Waals surface area contributed by atoms with Crippen molar-refractivity contribution in [3.8, 4) is 0 Å². The maximum atomic E-state index is 11.9. The Hall–Kier alpha value is -2.37. The molecule has 0 aliphatic rings. The number of unbranched alkanes of at least 4 members (excludes halogenated alkanes) is 1. The van der Waals surface area contributed by atoms with Crippen molar-refractivity contribution < 1.29 is 9.59 Å². The number of aryl methyl sites for hydroxylation is 1. The lowest BCUT2D eigenvalue weighted by Crippen LogP contribution is -2.32. The normalized spacial score (nSPS) is 10.7. The maximum absolute atomic E-state index is 11.9. The van der Waals surface area contributed by atoms with Gasteiger partial charge < -0.3 is 5.32 Å². The van der Waals surface area contributed by atoms with E-state index in [4.69, 9.17) is 23.2 Å². The summed E-state index contributed by atoms with van der Waals surface area (Å²) in [4.78, 5) is 23.7. The highest BCUT2D eigenvalue weighted by Crippen LogP contribution is 2.24. The first-order valence-electron chi connectivity index (χ1n) is 8.18. The molecule has 0 fully saturated rings. The lowest BCUT2D eigenvalue weighted by Gasteiger charge is -2.05. The fourth-order valence-electron chi connectivity index (χ4n) is 2.15. The number of benzene rings is 2. The number of hydrazone groups is 1. The number of amides is 2. The fraction of sp³-hybridized carbons (Fsp3) is 0.211. The van der Waals surface area contributed by atoms with E-state index in [0.717, 1.165) is 19.3 Å². The average molecular weight is 392 g/mol. The zero-order valence-corrected chi connectivity index (χ0v) is 15.8. The van der Waals surface area contributed by atoms with Crippen molar-refractivity contribution in [1.29, 1.82) is 0 Å². The molecule has 0 spiro atoms. The zero-order chi connectivity index (χ0) is 18.9. The molecular formula is C19H19Cl2N3O2. The van der Waals surface area contributed by atoms with E-state index in [0.29, 0.717) is 21.3 Å². The average Bonchev–Trinajstić information content (AvgIpc) is 2.64. The minimum Gasteiger partial charge on any atom is -0.318 e. The predicted molar refractivity (Wildman–Crippen MR) is 106 cm³/mol. The molecule has 0 bridgehead atoms. The molecule has 5 nitrogen and oxygen atoms in total. The zero-order valence-electron chi connectivity index (χ0n) is 14.3. The number of nitrogens with one attached hydrogen (secondary N) is 2. The number of hydrogen-bond donors (Lipinski definition) is 2. The van der Waals surface area contributed by atoms with Gasteiger partial charge >= 0.3 is 11.8 Å². The second-order valence-corrected chi connectivity index (χ2v) is 6.38. The molecule has 2 N–H and O–H groups in total. The van der Waals surface area contributed by atoms with Gasteiger partial charge in [0.25, 0.3) is 0 Å². The smallest absolute Gasteiger partial charge is 0.318 e. The Kier molecular flexibility index (Phi) is 7.63. The molecule has 7 heteroatoms. The van der Waals surface area contributed by atoms with E-state index < -0.39 is 11.8 Å². The number of anilines is 1. The molecular weight excluding hydrogens is 373 g/mol. The summed E-state index contributed by atoms with van der Waals surface area (Å²) in [7, 11) is 0.